The van der Waals surface area contributed by atoms with Crippen molar-refractivity contribution in [2.24, 2.45) is 5.92 Å². The fraction of sp³-hybridized carbons (Fsp3) is 0.583. The Morgan fingerprint density at radius 3 is 2.37 bits per heavy atom. The largest absolute Gasteiger partial charge is 0.478 e. The number of carboxylic acid groups (broad SMARTS) is 1. The van der Waals surface area contributed by atoms with Crippen molar-refractivity contribution in [2.45, 2.75) is 84.1 Å². The molecule has 1 saturated heterocycles. The maximum absolute atomic E-state index is 12.2. The number of rotatable bonds is 8. The van der Waals surface area contributed by atoms with Crippen molar-refractivity contribution in [1.82, 2.24) is 5.06 Å². The van der Waals surface area contributed by atoms with Gasteiger partial charge in [-0.2, -0.15) is 5.06 Å². The average molecular weight is 418 g/mol. The van der Waals surface area contributed by atoms with Crippen molar-refractivity contribution in [3.8, 4) is 0 Å². The quantitative estimate of drug-likeness (QED) is 0.478. The van der Waals surface area contributed by atoms with Gasteiger partial charge in [-0.1, -0.05) is 51.1 Å². The lowest BCUT2D eigenvalue weighted by molar-refractivity contribution is -0.336. The second-order valence-corrected chi connectivity index (χ2v) is 8.65. The molecule has 30 heavy (non-hydrogen) atoms. The first-order valence-electron chi connectivity index (χ1n) is 10.7. The first-order chi connectivity index (χ1) is 14.1. The molecule has 2 rings (SSSR count). The third kappa shape index (κ3) is 5.10. The van der Waals surface area contributed by atoms with E-state index in [0.29, 0.717) is 6.42 Å². The third-order valence-corrected chi connectivity index (χ3v) is 6.77. The van der Waals surface area contributed by atoms with Crippen LogP contribution in [0, 0.1) is 5.92 Å². The monoisotopic (exact) mass is 417 g/mol. The van der Waals surface area contributed by atoms with Crippen molar-refractivity contribution in [1.29, 1.82) is 0 Å². The van der Waals surface area contributed by atoms with Gasteiger partial charge in [0.15, 0.2) is 0 Å². The van der Waals surface area contributed by atoms with Gasteiger partial charge in [0, 0.05) is 35.6 Å². The van der Waals surface area contributed by atoms with Crippen LogP contribution in [0.2, 0.25) is 0 Å². The molecule has 5 atom stereocenters. The van der Waals surface area contributed by atoms with Crippen molar-refractivity contribution in [3.63, 3.8) is 0 Å². The first kappa shape index (κ1) is 24.1. The lowest BCUT2D eigenvalue weighted by atomic mass is 9.69. The van der Waals surface area contributed by atoms with Gasteiger partial charge in [-0.05, 0) is 39.2 Å². The van der Waals surface area contributed by atoms with Gasteiger partial charge in [-0.15, -0.1) is 0 Å². The maximum atomic E-state index is 12.2. The summed E-state index contributed by atoms with van der Waals surface area (Å²) in [5, 5.41) is 10.9. The number of hydrogen-bond acceptors (Lipinski definition) is 5. The van der Waals surface area contributed by atoms with Gasteiger partial charge >= 0.3 is 11.9 Å². The highest BCUT2D eigenvalue weighted by Gasteiger charge is 2.55. The van der Waals surface area contributed by atoms with E-state index in [2.05, 4.69) is 58.7 Å². The Bertz CT molecular complexity index is 764. The lowest BCUT2D eigenvalue weighted by Gasteiger charge is -2.59. The summed E-state index contributed by atoms with van der Waals surface area (Å²) in [6, 6.07) is 10.1. The highest BCUT2D eigenvalue weighted by molar-refractivity contribution is 5.90. The zero-order valence-corrected chi connectivity index (χ0v) is 18.9. The van der Waals surface area contributed by atoms with Gasteiger partial charge in [-0.3, -0.25) is 4.84 Å². The molecule has 1 aromatic carbocycles. The summed E-state index contributed by atoms with van der Waals surface area (Å²) in [6.45, 7) is 12.6. The van der Waals surface area contributed by atoms with E-state index in [4.69, 9.17) is 14.7 Å². The van der Waals surface area contributed by atoms with Crippen molar-refractivity contribution < 1.29 is 24.3 Å². The number of nitrogens with zero attached hydrogens (tertiary/aromatic N) is 1. The molecule has 1 N–H and O–H groups in total. The molecule has 1 heterocycles. The molecule has 1 aliphatic rings. The highest BCUT2D eigenvalue weighted by atomic mass is 16.7. The van der Waals surface area contributed by atoms with Gasteiger partial charge in [0.2, 0.25) is 0 Å². The number of ether oxygens (including phenoxy) is 1. The number of piperidine rings is 1. The van der Waals surface area contributed by atoms with Crippen LogP contribution in [0.25, 0.3) is 0 Å². The minimum absolute atomic E-state index is 0.00715. The number of carboxylic acids is 1. The van der Waals surface area contributed by atoms with Crippen LogP contribution in [0.3, 0.4) is 0 Å². The topological polar surface area (TPSA) is 76.1 Å². The number of esters is 1. The Kier molecular flexibility index (Phi) is 7.83. The van der Waals surface area contributed by atoms with Gasteiger partial charge in [0.25, 0.3) is 0 Å². The highest BCUT2D eigenvalue weighted by Crippen LogP contribution is 2.48. The molecule has 0 aromatic heterocycles. The molecule has 1 fully saturated rings. The standard InChI is InChI=1S/C24H35NO5/c1-7-23(5)16-20(29-22(28)15-14-21(26)27)17(3)24(6,8-2)25(23)30-18(4)19-12-10-9-11-13-19/h9-15,17-18,20H,7-8,16H2,1-6H3,(H,26,27)/b15-14+. The van der Waals surface area contributed by atoms with Crippen molar-refractivity contribution in [3.05, 3.63) is 48.0 Å². The summed E-state index contributed by atoms with van der Waals surface area (Å²) in [6.07, 6.45) is 3.56. The smallest absolute Gasteiger partial charge is 0.331 e. The normalized spacial score (nSPS) is 30.9. The molecule has 5 unspecified atom stereocenters. The SMILES string of the molecule is CCC1(C)CC(OC(=O)/C=C/C(=O)O)C(C)C(C)(CC)N1OC(C)c1ccccc1. The second kappa shape index (κ2) is 9.75. The second-order valence-electron chi connectivity index (χ2n) is 8.65. The van der Waals surface area contributed by atoms with Gasteiger partial charge in [0.05, 0.1) is 0 Å². The van der Waals surface area contributed by atoms with Gasteiger partial charge < -0.3 is 9.84 Å². The molecular weight excluding hydrogens is 382 g/mol. The number of hydroxylamine groups is 2. The first-order valence-corrected chi connectivity index (χ1v) is 10.7. The Hall–Kier alpha value is -2.18. The van der Waals surface area contributed by atoms with E-state index in [1.54, 1.807) is 0 Å². The predicted octanol–water partition coefficient (Wildman–Crippen LogP) is 4.91. The van der Waals surface area contributed by atoms with E-state index < -0.39 is 11.9 Å². The van der Waals surface area contributed by atoms with Crippen molar-refractivity contribution in [2.75, 3.05) is 0 Å². The van der Waals surface area contributed by atoms with Crippen LogP contribution < -0.4 is 0 Å². The minimum Gasteiger partial charge on any atom is -0.478 e. The van der Waals surface area contributed by atoms with E-state index >= 15 is 0 Å². The van der Waals surface area contributed by atoms with Gasteiger partial charge in [0.1, 0.15) is 12.2 Å². The minimum atomic E-state index is -1.17. The Balaban J connectivity index is 2.31. The zero-order chi connectivity index (χ0) is 22.5. The molecule has 0 aliphatic carbocycles. The third-order valence-electron chi connectivity index (χ3n) is 6.77. The average Bonchev–Trinajstić information content (AvgIpc) is 2.74. The number of carbonyl (C=O) groups is 2. The Morgan fingerprint density at radius 2 is 1.83 bits per heavy atom. The van der Waals surface area contributed by atoms with Crippen LogP contribution in [-0.4, -0.2) is 39.3 Å². The van der Waals surface area contributed by atoms with E-state index in [1.165, 1.54) is 0 Å². The molecule has 0 radical (unpaired) electrons. The fourth-order valence-electron chi connectivity index (χ4n) is 4.31. The summed E-state index contributed by atoms with van der Waals surface area (Å²) in [4.78, 5) is 29.5. The summed E-state index contributed by atoms with van der Waals surface area (Å²) >= 11 is 0. The number of benzene rings is 1. The van der Waals surface area contributed by atoms with Gasteiger partial charge in [-0.25, -0.2) is 9.59 Å². The Morgan fingerprint density at radius 1 is 1.20 bits per heavy atom. The molecular formula is C24H35NO5. The van der Waals surface area contributed by atoms with E-state index in [0.717, 1.165) is 30.6 Å². The molecule has 0 bridgehead atoms. The Labute approximate surface area is 179 Å². The fourth-order valence-corrected chi connectivity index (χ4v) is 4.31. The number of carbonyl (C=O) groups excluding carboxylic acids is 1. The van der Waals surface area contributed by atoms with E-state index in [-0.39, 0.29) is 29.2 Å². The van der Waals surface area contributed by atoms with Crippen molar-refractivity contribution >= 4 is 11.9 Å². The maximum Gasteiger partial charge on any atom is 0.331 e. The van der Waals surface area contributed by atoms with E-state index in [9.17, 15) is 9.59 Å². The number of aliphatic carboxylic acids is 1. The van der Waals surface area contributed by atoms with Crippen LogP contribution >= 0.6 is 0 Å². The molecule has 1 aliphatic heterocycles. The molecule has 166 valence electrons. The van der Waals surface area contributed by atoms with Crippen LogP contribution in [0.4, 0.5) is 0 Å². The summed E-state index contributed by atoms with van der Waals surface area (Å²) in [7, 11) is 0. The van der Waals surface area contributed by atoms with Crippen LogP contribution in [0.15, 0.2) is 42.5 Å². The number of hydrogen-bond donors (Lipinski definition) is 1. The lowest BCUT2D eigenvalue weighted by Crippen LogP contribution is -2.68. The van der Waals surface area contributed by atoms with Crippen LogP contribution in [0.1, 0.15) is 72.5 Å². The molecule has 6 heteroatoms. The molecule has 0 saturated carbocycles. The molecule has 0 amide bonds. The zero-order valence-electron chi connectivity index (χ0n) is 18.9. The summed E-state index contributed by atoms with van der Waals surface area (Å²) in [5.41, 5.74) is 0.393. The van der Waals surface area contributed by atoms with Crippen LogP contribution in [-0.2, 0) is 19.2 Å². The molecule has 1 aromatic rings. The summed E-state index contributed by atoms with van der Waals surface area (Å²) < 4.78 is 5.72. The van der Waals surface area contributed by atoms with E-state index in [1.807, 2.05) is 18.2 Å². The summed E-state index contributed by atoms with van der Waals surface area (Å²) in [5.74, 6) is -1.81. The predicted molar refractivity (Wildman–Crippen MR) is 116 cm³/mol. The molecule has 0 spiro atoms. The van der Waals surface area contributed by atoms with Crippen LogP contribution in [0.5, 0.6) is 0 Å². The molecule has 6 nitrogen and oxygen atoms in total.